The Balaban J connectivity index is 1.52. The SMILES string of the molecule is FC(F)(F)C(F)(F)Cn1ncc2cc(-n3nc4ccc(C5CC5)cc4c3I)ncc21. The van der Waals surface area contributed by atoms with E-state index in [1.165, 1.54) is 30.8 Å². The van der Waals surface area contributed by atoms with E-state index in [0.717, 1.165) is 14.6 Å². The second-order valence-electron chi connectivity index (χ2n) is 7.36. The summed E-state index contributed by atoms with van der Waals surface area (Å²) in [5.74, 6) is -3.86. The normalized spacial score (nSPS) is 15.4. The molecule has 3 aromatic heterocycles. The molecule has 0 amide bonds. The molecule has 4 aromatic rings. The molecule has 30 heavy (non-hydrogen) atoms. The maximum absolute atomic E-state index is 13.4. The Morgan fingerprint density at radius 2 is 1.83 bits per heavy atom. The van der Waals surface area contributed by atoms with Crippen molar-refractivity contribution >= 4 is 44.4 Å². The van der Waals surface area contributed by atoms with E-state index in [2.05, 4.69) is 49.9 Å². The summed E-state index contributed by atoms with van der Waals surface area (Å²) in [6.07, 6.45) is -0.794. The third kappa shape index (κ3) is 3.22. The molecule has 0 N–H and O–H groups in total. The highest BCUT2D eigenvalue weighted by Crippen LogP contribution is 2.41. The number of benzene rings is 1. The van der Waals surface area contributed by atoms with Crippen LogP contribution in [0.15, 0.2) is 36.7 Å². The van der Waals surface area contributed by atoms with Gasteiger partial charge < -0.3 is 0 Å². The molecule has 1 fully saturated rings. The van der Waals surface area contributed by atoms with Crippen LogP contribution in [-0.4, -0.2) is 36.6 Å². The van der Waals surface area contributed by atoms with Crippen LogP contribution in [0.2, 0.25) is 0 Å². The first-order valence-electron chi connectivity index (χ1n) is 9.09. The van der Waals surface area contributed by atoms with E-state index in [0.29, 0.717) is 21.8 Å². The number of hydrogen-bond acceptors (Lipinski definition) is 3. The Bertz CT molecular complexity index is 1270. The first-order valence-corrected chi connectivity index (χ1v) is 10.2. The lowest BCUT2D eigenvalue weighted by Crippen LogP contribution is -2.40. The third-order valence-corrected chi connectivity index (χ3v) is 6.22. The van der Waals surface area contributed by atoms with Crippen LogP contribution in [0.3, 0.4) is 0 Å². The maximum atomic E-state index is 13.4. The molecule has 0 aliphatic heterocycles. The van der Waals surface area contributed by atoms with E-state index >= 15 is 0 Å². The molecule has 0 bridgehead atoms. The first-order chi connectivity index (χ1) is 14.1. The fourth-order valence-electron chi connectivity index (χ4n) is 3.38. The van der Waals surface area contributed by atoms with Gasteiger partial charge in [0.15, 0.2) is 5.82 Å². The summed E-state index contributed by atoms with van der Waals surface area (Å²) in [7, 11) is 0. The predicted molar refractivity (Wildman–Crippen MR) is 108 cm³/mol. The van der Waals surface area contributed by atoms with Gasteiger partial charge in [0.2, 0.25) is 0 Å². The van der Waals surface area contributed by atoms with Crippen LogP contribution < -0.4 is 0 Å². The Labute approximate surface area is 180 Å². The second kappa shape index (κ2) is 6.59. The van der Waals surface area contributed by atoms with E-state index in [1.807, 2.05) is 6.07 Å². The van der Waals surface area contributed by atoms with Gasteiger partial charge in [-0.2, -0.15) is 32.1 Å². The Morgan fingerprint density at radius 1 is 1.07 bits per heavy atom. The van der Waals surface area contributed by atoms with Crippen LogP contribution in [0.5, 0.6) is 0 Å². The molecular formula is C19H13F5IN5. The lowest BCUT2D eigenvalue weighted by molar-refractivity contribution is -0.287. The zero-order valence-corrected chi connectivity index (χ0v) is 17.3. The summed E-state index contributed by atoms with van der Waals surface area (Å²) < 4.78 is 67.5. The Morgan fingerprint density at radius 3 is 2.53 bits per heavy atom. The summed E-state index contributed by atoms with van der Waals surface area (Å²) in [4.78, 5) is 4.24. The van der Waals surface area contributed by atoms with Gasteiger partial charge in [-0.05, 0) is 65.1 Å². The van der Waals surface area contributed by atoms with Crippen LogP contribution >= 0.6 is 22.6 Å². The van der Waals surface area contributed by atoms with Gasteiger partial charge in [-0.1, -0.05) is 6.07 Å². The van der Waals surface area contributed by atoms with Crippen molar-refractivity contribution < 1.29 is 22.0 Å². The molecule has 11 heteroatoms. The van der Waals surface area contributed by atoms with E-state index in [1.54, 1.807) is 10.7 Å². The van der Waals surface area contributed by atoms with Crippen LogP contribution in [-0.2, 0) is 6.54 Å². The molecule has 0 atom stereocenters. The second-order valence-corrected chi connectivity index (χ2v) is 8.38. The molecule has 0 radical (unpaired) electrons. The van der Waals surface area contributed by atoms with Crippen LogP contribution in [0.25, 0.3) is 27.6 Å². The average Bonchev–Trinajstić information content (AvgIpc) is 3.39. The zero-order chi connectivity index (χ0) is 21.3. The standard InChI is InChI=1S/C19H13F5IN5/c20-18(21,19(22,23)24)9-29-15-8-26-16(6-12(15)7-27-29)30-17(25)13-5-11(10-1-2-10)3-4-14(13)28-30/h3-8,10H,1-2,9H2. The van der Waals surface area contributed by atoms with Gasteiger partial charge in [0.1, 0.15) is 10.2 Å². The largest absolute Gasteiger partial charge is 0.455 e. The van der Waals surface area contributed by atoms with Crippen molar-refractivity contribution in [3.63, 3.8) is 0 Å². The van der Waals surface area contributed by atoms with Gasteiger partial charge in [0, 0.05) is 10.8 Å². The molecule has 1 saturated carbocycles. The minimum atomic E-state index is -5.65. The number of rotatable bonds is 4. The Kier molecular flexibility index (Phi) is 4.32. The highest BCUT2D eigenvalue weighted by molar-refractivity contribution is 14.1. The van der Waals surface area contributed by atoms with Crippen molar-refractivity contribution in [2.45, 2.75) is 37.4 Å². The number of aromatic nitrogens is 5. The molecule has 5 nitrogen and oxygen atoms in total. The molecule has 3 heterocycles. The molecule has 5 rings (SSSR count). The fourth-order valence-corrected chi connectivity index (χ4v) is 4.17. The molecule has 0 unspecified atom stereocenters. The van der Waals surface area contributed by atoms with Gasteiger partial charge >= 0.3 is 12.1 Å². The van der Waals surface area contributed by atoms with E-state index < -0.39 is 18.6 Å². The number of pyridine rings is 1. The minimum absolute atomic E-state index is 0.0883. The summed E-state index contributed by atoms with van der Waals surface area (Å²) in [6, 6.07) is 7.71. The average molecular weight is 533 g/mol. The lowest BCUT2D eigenvalue weighted by Gasteiger charge is -2.19. The van der Waals surface area contributed by atoms with Crippen molar-refractivity contribution in [1.82, 2.24) is 24.5 Å². The quantitative estimate of drug-likeness (QED) is 0.259. The molecule has 1 aromatic carbocycles. The van der Waals surface area contributed by atoms with Crippen molar-refractivity contribution in [2.75, 3.05) is 0 Å². The molecule has 0 saturated heterocycles. The highest BCUT2D eigenvalue weighted by Gasteiger charge is 2.57. The Hall–Kier alpha value is -2.31. The van der Waals surface area contributed by atoms with Crippen LogP contribution in [0.4, 0.5) is 22.0 Å². The zero-order valence-electron chi connectivity index (χ0n) is 15.2. The van der Waals surface area contributed by atoms with Crippen LogP contribution in [0.1, 0.15) is 24.3 Å². The number of fused-ring (bicyclic) bond motifs is 2. The summed E-state index contributed by atoms with van der Waals surface area (Å²) in [5, 5.41) is 9.64. The summed E-state index contributed by atoms with van der Waals surface area (Å²) in [5.41, 5.74) is 2.16. The van der Waals surface area contributed by atoms with E-state index in [4.69, 9.17) is 0 Å². The van der Waals surface area contributed by atoms with E-state index in [9.17, 15) is 22.0 Å². The van der Waals surface area contributed by atoms with Crippen molar-refractivity contribution in [1.29, 1.82) is 0 Å². The van der Waals surface area contributed by atoms with E-state index in [-0.39, 0.29) is 5.52 Å². The first kappa shape index (κ1) is 19.6. The van der Waals surface area contributed by atoms with Crippen molar-refractivity contribution in [3.8, 4) is 5.82 Å². The third-order valence-electron chi connectivity index (χ3n) is 5.18. The summed E-state index contributed by atoms with van der Waals surface area (Å²) in [6.45, 7) is -1.60. The predicted octanol–water partition coefficient (Wildman–Crippen LogP) is 5.45. The molecule has 156 valence electrons. The lowest BCUT2D eigenvalue weighted by atomic mass is 10.1. The van der Waals surface area contributed by atoms with Gasteiger partial charge in [0.25, 0.3) is 0 Å². The monoisotopic (exact) mass is 533 g/mol. The molecule has 1 aliphatic rings. The molecular weight excluding hydrogens is 520 g/mol. The number of hydrogen-bond donors (Lipinski definition) is 0. The number of alkyl halides is 5. The number of halogens is 6. The maximum Gasteiger partial charge on any atom is 0.455 e. The van der Waals surface area contributed by atoms with Crippen molar-refractivity contribution in [3.05, 3.63) is 45.9 Å². The molecule has 1 aliphatic carbocycles. The van der Waals surface area contributed by atoms with Gasteiger partial charge in [0.05, 0.1) is 23.4 Å². The van der Waals surface area contributed by atoms with Gasteiger partial charge in [-0.25, -0.2) is 9.67 Å². The smallest absolute Gasteiger partial charge is 0.257 e. The van der Waals surface area contributed by atoms with Crippen LogP contribution in [0, 0.1) is 3.70 Å². The summed E-state index contributed by atoms with van der Waals surface area (Å²) >= 11 is 2.17. The van der Waals surface area contributed by atoms with Gasteiger partial charge in [-0.3, -0.25) is 4.68 Å². The number of nitrogens with zero attached hydrogens (tertiary/aromatic N) is 5. The van der Waals surface area contributed by atoms with Crippen molar-refractivity contribution in [2.24, 2.45) is 0 Å². The fraction of sp³-hybridized carbons (Fsp3) is 0.316. The highest BCUT2D eigenvalue weighted by atomic mass is 127. The minimum Gasteiger partial charge on any atom is -0.257 e. The molecule has 0 spiro atoms. The topological polar surface area (TPSA) is 48.5 Å². The van der Waals surface area contributed by atoms with Gasteiger partial charge in [-0.15, -0.1) is 0 Å².